The number of allylic oxidation sites excluding steroid dienone is 3. The number of nitrogens with two attached hydrogens (primary N) is 1. The second-order valence-corrected chi connectivity index (χ2v) is 4.68. The molecule has 2 rings (SSSR count). The van der Waals surface area contributed by atoms with Gasteiger partial charge in [0, 0.05) is 12.4 Å². The molecule has 0 saturated carbocycles. The second kappa shape index (κ2) is 7.24. The fourth-order valence-corrected chi connectivity index (χ4v) is 2.09. The lowest BCUT2D eigenvalue weighted by molar-refractivity contribution is 0.247. The molecule has 0 saturated heterocycles. The number of nitrogens with one attached hydrogen (secondary N) is 1. The zero-order chi connectivity index (χ0) is 15.1. The predicted molar refractivity (Wildman–Crippen MR) is 88.2 cm³/mol. The maximum absolute atomic E-state index is 6.98. The SMILES string of the molecule is C/C(N)=C(\N=C/C=N)OCC1=CCC=Cc2ccccc21. The molecule has 4 nitrogen and oxygen atoms in total. The third kappa shape index (κ3) is 3.92. The van der Waals surface area contributed by atoms with Crippen molar-refractivity contribution in [2.24, 2.45) is 10.7 Å². The van der Waals surface area contributed by atoms with Gasteiger partial charge in [0.25, 0.3) is 0 Å². The highest BCUT2D eigenvalue weighted by atomic mass is 16.5. The molecule has 0 aromatic heterocycles. The Morgan fingerprint density at radius 1 is 1.43 bits per heavy atom. The zero-order valence-corrected chi connectivity index (χ0v) is 12.0. The van der Waals surface area contributed by atoms with Crippen molar-refractivity contribution in [3.63, 3.8) is 0 Å². The maximum atomic E-state index is 6.98. The van der Waals surface area contributed by atoms with Crippen LogP contribution in [0.25, 0.3) is 11.6 Å². The van der Waals surface area contributed by atoms with E-state index < -0.39 is 0 Å². The molecule has 3 N–H and O–H groups in total. The molecule has 0 amide bonds. The molecule has 0 radical (unpaired) electrons. The van der Waals surface area contributed by atoms with E-state index in [1.165, 1.54) is 11.8 Å². The molecule has 4 heteroatoms. The Hall–Kier alpha value is -2.62. The molecular formula is C17H19N3O. The minimum absolute atomic E-state index is 0.356. The van der Waals surface area contributed by atoms with Crippen molar-refractivity contribution < 1.29 is 4.74 Å². The smallest absolute Gasteiger partial charge is 0.232 e. The van der Waals surface area contributed by atoms with Crippen molar-refractivity contribution in [3.05, 3.63) is 59.1 Å². The normalized spacial score (nSPS) is 15.0. The Kier molecular flexibility index (Phi) is 5.10. The average Bonchev–Trinajstić information content (AvgIpc) is 2.69. The van der Waals surface area contributed by atoms with Crippen LogP contribution < -0.4 is 5.73 Å². The Bertz CT molecular complexity index is 635. The fraction of sp³-hybridized carbons (Fsp3) is 0.176. The zero-order valence-electron chi connectivity index (χ0n) is 12.0. The molecule has 1 aliphatic rings. The van der Waals surface area contributed by atoms with Crippen LogP contribution in [0.4, 0.5) is 0 Å². The summed E-state index contributed by atoms with van der Waals surface area (Å²) in [7, 11) is 0. The van der Waals surface area contributed by atoms with Crippen molar-refractivity contribution in [3.8, 4) is 0 Å². The van der Waals surface area contributed by atoms with Gasteiger partial charge in [-0.15, -0.1) is 0 Å². The summed E-state index contributed by atoms with van der Waals surface area (Å²) in [6.07, 6.45) is 9.71. The second-order valence-electron chi connectivity index (χ2n) is 4.68. The van der Waals surface area contributed by atoms with Gasteiger partial charge in [0.1, 0.15) is 6.61 Å². The number of fused-ring (bicyclic) bond motifs is 1. The summed E-state index contributed by atoms with van der Waals surface area (Å²) >= 11 is 0. The number of hydrogen-bond donors (Lipinski definition) is 2. The van der Waals surface area contributed by atoms with E-state index in [-0.39, 0.29) is 0 Å². The van der Waals surface area contributed by atoms with Gasteiger partial charge in [-0.25, -0.2) is 4.99 Å². The van der Waals surface area contributed by atoms with Gasteiger partial charge >= 0.3 is 0 Å². The van der Waals surface area contributed by atoms with Gasteiger partial charge in [-0.1, -0.05) is 42.5 Å². The van der Waals surface area contributed by atoms with Crippen molar-refractivity contribution in [2.75, 3.05) is 6.61 Å². The van der Waals surface area contributed by atoms with Gasteiger partial charge in [-0.2, -0.15) is 0 Å². The molecule has 0 heterocycles. The summed E-state index contributed by atoms with van der Waals surface area (Å²) in [4.78, 5) is 4.03. The third-order valence-corrected chi connectivity index (χ3v) is 3.07. The van der Waals surface area contributed by atoms with Gasteiger partial charge in [-0.3, -0.25) is 0 Å². The van der Waals surface area contributed by atoms with Gasteiger partial charge in [-0.05, 0) is 30.0 Å². The molecule has 108 valence electrons. The highest BCUT2D eigenvalue weighted by Gasteiger charge is 2.09. The lowest BCUT2D eigenvalue weighted by Crippen LogP contribution is -2.04. The van der Waals surface area contributed by atoms with Crippen LogP contribution >= 0.6 is 0 Å². The molecule has 0 bridgehead atoms. The number of nitrogens with zero attached hydrogens (tertiary/aromatic N) is 1. The topological polar surface area (TPSA) is 71.5 Å². The number of hydrogen-bond acceptors (Lipinski definition) is 4. The number of ether oxygens (including phenoxy) is 1. The van der Waals surface area contributed by atoms with E-state index in [4.69, 9.17) is 15.9 Å². The first-order chi connectivity index (χ1) is 10.2. The van der Waals surface area contributed by atoms with E-state index in [1.807, 2.05) is 12.1 Å². The molecular weight excluding hydrogens is 262 g/mol. The number of benzene rings is 1. The summed E-state index contributed by atoms with van der Waals surface area (Å²) in [5.74, 6) is 0.356. The largest absolute Gasteiger partial charge is 0.472 e. The van der Waals surface area contributed by atoms with Gasteiger partial charge in [0.05, 0.1) is 5.70 Å². The lowest BCUT2D eigenvalue weighted by atomic mass is 10.0. The monoisotopic (exact) mass is 281 g/mol. The van der Waals surface area contributed by atoms with Gasteiger partial charge in [0.2, 0.25) is 5.88 Å². The van der Waals surface area contributed by atoms with Crippen molar-refractivity contribution in [1.82, 2.24) is 0 Å². The van der Waals surface area contributed by atoms with Crippen LogP contribution in [0.3, 0.4) is 0 Å². The van der Waals surface area contributed by atoms with Crippen LogP contribution in [0.1, 0.15) is 24.5 Å². The molecule has 0 fully saturated rings. The Morgan fingerprint density at radius 2 is 2.24 bits per heavy atom. The summed E-state index contributed by atoms with van der Waals surface area (Å²) in [5.41, 5.74) is 9.70. The van der Waals surface area contributed by atoms with Crippen LogP contribution in [0.5, 0.6) is 0 Å². The summed E-state index contributed by atoms with van der Waals surface area (Å²) in [6.45, 7) is 2.13. The molecule has 0 unspecified atom stereocenters. The standard InChI is InChI=1S/C17H19N3O/c1-13(19)17(20-11-10-18)21-12-15-8-3-2-6-14-7-4-5-9-16(14)15/h2,4-11,18H,3,12,19H2,1H3/b17-13-,18-10?,20-11-. The van der Waals surface area contributed by atoms with E-state index in [9.17, 15) is 0 Å². The number of aliphatic imine (C=N–C) groups is 1. The van der Waals surface area contributed by atoms with E-state index >= 15 is 0 Å². The molecule has 1 aromatic rings. The van der Waals surface area contributed by atoms with Crippen molar-refractivity contribution in [2.45, 2.75) is 13.3 Å². The van der Waals surface area contributed by atoms with Crippen LogP contribution in [0, 0.1) is 5.41 Å². The highest BCUT2D eigenvalue weighted by molar-refractivity contribution is 6.14. The van der Waals surface area contributed by atoms with E-state index in [0.29, 0.717) is 18.2 Å². The fourth-order valence-electron chi connectivity index (χ4n) is 2.09. The van der Waals surface area contributed by atoms with E-state index in [2.05, 4.69) is 35.4 Å². The lowest BCUT2D eigenvalue weighted by Gasteiger charge is -2.12. The third-order valence-electron chi connectivity index (χ3n) is 3.07. The average molecular weight is 281 g/mol. The van der Waals surface area contributed by atoms with Crippen molar-refractivity contribution >= 4 is 24.1 Å². The molecule has 21 heavy (non-hydrogen) atoms. The van der Waals surface area contributed by atoms with Crippen LogP contribution in [0.15, 0.2) is 53.0 Å². The molecule has 0 spiro atoms. The van der Waals surface area contributed by atoms with Crippen LogP contribution in [0.2, 0.25) is 0 Å². The highest BCUT2D eigenvalue weighted by Crippen LogP contribution is 2.25. The Balaban J connectivity index is 2.17. The molecule has 0 aliphatic heterocycles. The molecule has 0 atom stereocenters. The summed E-state index contributed by atoms with van der Waals surface area (Å²) in [6, 6.07) is 8.21. The van der Waals surface area contributed by atoms with E-state index in [0.717, 1.165) is 23.8 Å². The number of rotatable bonds is 5. The first-order valence-corrected chi connectivity index (χ1v) is 6.79. The minimum Gasteiger partial charge on any atom is -0.472 e. The first kappa shape index (κ1) is 14.8. The summed E-state index contributed by atoms with van der Waals surface area (Å²) in [5, 5.41) is 6.98. The van der Waals surface area contributed by atoms with Gasteiger partial charge < -0.3 is 15.9 Å². The van der Waals surface area contributed by atoms with Gasteiger partial charge in [0.15, 0.2) is 0 Å². The van der Waals surface area contributed by atoms with E-state index in [1.54, 1.807) is 6.92 Å². The van der Waals surface area contributed by atoms with Crippen LogP contribution in [-0.4, -0.2) is 19.0 Å². The molecule has 1 aromatic carbocycles. The summed E-state index contributed by atoms with van der Waals surface area (Å²) < 4.78 is 5.71. The quantitative estimate of drug-likeness (QED) is 0.641. The minimum atomic E-state index is 0.356. The maximum Gasteiger partial charge on any atom is 0.232 e. The Labute approximate surface area is 124 Å². The van der Waals surface area contributed by atoms with Crippen molar-refractivity contribution in [1.29, 1.82) is 5.41 Å². The predicted octanol–water partition coefficient (Wildman–Crippen LogP) is 3.37. The Morgan fingerprint density at radius 3 is 3.00 bits per heavy atom. The van der Waals surface area contributed by atoms with Crippen LogP contribution in [-0.2, 0) is 4.74 Å². The first-order valence-electron chi connectivity index (χ1n) is 6.79. The molecule has 1 aliphatic carbocycles.